The van der Waals surface area contributed by atoms with Crippen LogP contribution < -0.4 is 4.74 Å². The van der Waals surface area contributed by atoms with Gasteiger partial charge >= 0.3 is 11.9 Å². The van der Waals surface area contributed by atoms with Gasteiger partial charge in [-0.3, -0.25) is 0 Å². The molecule has 0 saturated heterocycles. The first-order chi connectivity index (χ1) is 18.6. The maximum absolute atomic E-state index is 12.1. The second kappa shape index (κ2) is 9.57. The SMILES string of the molecule is COc1cc(O)c(Cc2c(O)cc3c(c2O)[C@H](OC)OC3=O)cc1Cc1c(O)cc2c(c1O)[C@H](OC)OC2=O. The van der Waals surface area contributed by atoms with Crippen molar-refractivity contribution < 1.29 is 58.8 Å². The Morgan fingerprint density at radius 2 is 1.13 bits per heavy atom. The first-order valence-corrected chi connectivity index (χ1v) is 11.6. The molecule has 0 unspecified atom stereocenters. The van der Waals surface area contributed by atoms with Crippen LogP contribution >= 0.6 is 0 Å². The van der Waals surface area contributed by atoms with Crippen molar-refractivity contribution in [1.29, 1.82) is 0 Å². The Bertz CT molecular complexity index is 1530. The van der Waals surface area contributed by atoms with Gasteiger partial charge in [0.15, 0.2) is 0 Å². The second-order valence-electron chi connectivity index (χ2n) is 8.96. The molecule has 39 heavy (non-hydrogen) atoms. The Hall–Kier alpha value is -4.68. The van der Waals surface area contributed by atoms with E-state index in [0.29, 0.717) is 5.56 Å². The van der Waals surface area contributed by atoms with Gasteiger partial charge in [0.1, 0.15) is 34.5 Å². The minimum atomic E-state index is -1.16. The van der Waals surface area contributed by atoms with Gasteiger partial charge in [-0.05, 0) is 29.3 Å². The summed E-state index contributed by atoms with van der Waals surface area (Å²) in [5, 5.41) is 53.8. The van der Waals surface area contributed by atoms with Crippen LogP contribution in [0.15, 0.2) is 24.3 Å². The van der Waals surface area contributed by atoms with E-state index in [4.69, 9.17) is 23.7 Å². The van der Waals surface area contributed by atoms with Crippen LogP contribution in [0.3, 0.4) is 0 Å². The summed E-state index contributed by atoms with van der Waals surface area (Å²) in [6, 6.07) is 5.15. The normalized spacial score (nSPS) is 17.5. The molecule has 3 aromatic rings. The molecule has 204 valence electrons. The molecule has 5 N–H and O–H groups in total. The number of methoxy groups -OCH3 is 3. The van der Waals surface area contributed by atoms with Crippen LogP contribution in [0.25, 0.3) is 0 Å². The molecule has 0 amide bonds. The molecule has 2 heterocycles. The average molecular weight is 540 g/mol. The van der Waals surface area contributed by atoms with Gasteiger partial charge in [-0.2, -0.15) is 0 Å². The van der Waals surface area contributed by atoms with Crippen LogP contribution in [-0.2, 0) is 31.8 Å². The fraction of sp³-hybridized carbons (Fsp3) is 0.259. The summed E-state index contributed by atoms with van der Waals surface area (Å²) < 4.78 is 25.7. The lowest BCUT2D eigenvalue weighted by Gasteiger charge is -2.17. The number of benzene rings is 3. The Labute approximate surface area is 221 Å². The predicted octanol–water partition coefficient (Wildman–Crippen LogP) is 3.04. The summed E-state index contributed by atoms with van der Waals surface area (Å²) in [7, 11) is 3.96. The molecule has 0 fully saturated rings. The average Bonchev–Trinajstić information content (AvgIpc) is 3.40. The quantitative estimate of drug-likeness (QED) is 0.277. The van der Waals surface area contributed by atoms with E-state index in [0.717, 1.165) is 6.07 Å². The van der Waals surface area contributed by atoms with E-state index in [1.807, 2.05) is 0 Å². The van der Waals surface area contributed by atoms with E-state index in [2.05, 4.69) is 0 Å². The van der Waals surface area contributed by atoms with Crippen LogP contribution in [0.5, 0.6) is 34.5 Å². The van der Waals surface area contributed by atoms with Crippen molar-refractivity contribution >= 4 is 11.9 Å². The van der Waals surface area contributed by atoms with Gasteiger partial charge in [-0.15, -0.1) is 0 Å². The van der Waals surface area contributed by atoms with Crippen molar-refractivity contribution in [1.82, 2.24) is 0 Å². The van der Waals surface area contributed by atoms with Crippen LogP contribution in [0.1, 0.15) is 66.7 Å². The fourth-order valence-corrected chi connectivity index (χ4v) is 4.88. The van der Waals surface area contributed by atoms with Crippen molar-refractivity contribution in [3.63, 3.8) is 0 Å². The van der Waals surface area contributed by atoms with Crippen LogP contribution in [0.4, 0.5) is 0 Å². The highest BCUT2D eigenvalue weighted by Crippen LogP contribution is 2.47. The van der Waals surface area contributed by atoms with E-state index >= 15 is 0 Å². The van der Waals surface area contributed by atoms with E-state index in [-0.39, 0.29) is 69.0 Å². The Balaban J connectivity index is 1.56. The molecule has 0 saturated carbocycles. The van der Waals surface area contributed by atoms with Gasteiger partial charge in [0.25, 0.3) is 0 Å². The third-order valence-electron chi connectivity index (χ3n) is 6.83. The Morgan fingerprint density at radius 3 is 1.56 bits per heavy atom. The highest BCUT2D eigenvalue weighted by molar-refractivity contribution is 5.96. The number of hydrogen-bond acceptors (Lipinski definition) is 12. The molecular formula is C27H24O12. The van der Waals surface area contributed by atoms with Crippen LogP contribution in [-0.4, -0.2) is 58.8 Å². The highest BCUT2D eigenvalue weighted by Gasteiger charge is 2.38. The summed E-state index contributed by atoms with van der Waals surface area (Å²) in [6.45, 7) is 0. The van der Waals surface area contributed by atoms with Crippen molar-refractivity contribution in [2.45, 2.75) is 25.4 Å². The maximum Gasteiger partial charge on any atom is 0.341 e. The van der Waals surface area contributed by atoms with E-state index in [1.165, 1.54) is 39.5 Å². The minimum Gasteiger partial charge on any atom is -0.508 e. The molecule has 0 spiro atoms. The van der Waals surface area contributed by atoms with Gasteiger partial charge in [0, 0.05) is 44.3 Å². The zero-order valence-electron chi connectivity index (χ0n) is 21.0. The second-order valence-corrected chi connectivity index (χ2v) is 8.96. The van der Waals surface area contributed by atoms with Gasteiger partial charge < -0.3 is 49.2 Å². The number of fused-ring (bicyclic) bond motifs is 2. The number of cyclic esters (lactones) is 2. The molecule has 0 aromatic heterocycles. The largest absolute Gasteiger partial charge is 0.508 e. The number of aromatic hydroxyl groups is 5. The summed E-state index contributed by atoms with van der Waals surface area (Å²) in [5.74, 6) is -3.14. The molecule has 2 aliphatic rings. The van der Waals surface area contributed by atoms with Gasteiger partial charge in [0.05, 0.1) is 29.4 Å². The molecule has 2 aliphatic heterocycles. The van der Waals surface area contributed by atoms with Crippen LogP contribution in [0.2, 0.25) is 0 Å². The molecule has 0 radical (unpaired) electrons. The first kappa shape index (κ1) is 25.9. The first-order valence-electron chi connectivity index (χ1n) is 11.6. The number of carbonyl (C=O) groups is 2. The number of phenolic OH excluding ortho intramolecular Hbond substituents is 5. The van der Waals surface area contributed by atoms with Crippen molar-refractivity contribution in [2.24, 2.45) is 0 Å². The number of rotatable bonds is 7. The zero-order chi connectivity index (χ0) is 28.2. The third-order valence-corrected chi connectivity index (χ3v) is 6.83. The zero-order valence-corrected chi connectivity index (χ0v) is 21.0. The molecule has 2 atom stereocenters. The Kier molecular flexibility index (Phi) is 6.36. The molecule has 12 heteroatoms. The van der Waals surface area contributed by atoms with Crippen molar-refractivity contribution in [3.05, 3.63) is 68.8 Å². The number of hydrogen-bond donors (Lipinski definition) is 5. The number of phenols is 5. The maximum atomic E-state index is 12.1. The molecule has 12 nitrogen and oxygen atoms in total. The monoisotopic (exact) mass is 540 g/mol. The summed E-state index contributed by atoms with van der Waals surface area (Å²) >= 11 is 0. The van der Waals surface area contributed by atoms with E-state index in [1.54, 1.807) is 0 Å². The molecule has 0 aliphatic carbocycles. The fourth-order valence-electron chi connectivity index (χ4n) is 4.88. The van der Waals surface area contributed by atoms with E-state index in [9.17, 15) is 35.1 Å². The number of ether oxygens (including phenoxy) is 5. The lowest BCUT2D eigenvalue weighted by molar-refractivity contribution is -0.0829. The molecule has 0 bridgehead atoms. The van der Waals surface area contributed by atoms with Crippen LogP contribution in [0, 0.1) is 0 Å². The topological polar surface area (TPSA) is 181 Å². The lowest BCUT2D eigenvalue weighted by atomic mass is 9.92. The molecule has 5 rings (SSSR count). The minimum absolute atomic E-state index is 0.00217. The summed E-state index contributed by atoms with van der Waals surface area (Å²) in [6.07, 6.45) is -2.61. The Morgan fingerprint density at radius 1 is 0.667 bits per heavy atom. The number of esters is 2. The van der Waals surface area contributed by atoms with Crippen molar-refractivity contribution in [3.8, 4) is 34.5 Å². The van der Waals surface area contributed by atoms with Gasteiger partial charge in [0.2, 0.25) is 12.6 Å². The standard InChI is InChI=1S/C27H24O12/c1-35-19-9-16(28)10(5-12-17(29)7-14-20(22(12)31)26(36-2)38-24(14)33)4-11(19)6-13-18(30)8-15-21(23(13)32)27(37-3)39-25(15)34/h4,7-9,26-32H,5-6H2,1-3H3/t26-,27-/m1/s1. The third kappa shape index (κ3) is 4.10. The summed E-state index contributed by atoms with van der Waals surface area (Å²) in [4.78, 5) is 24.2. The highest BCUT2D eigenvalue weighted by atomic mass is 16.7. The number of carbonyl (C=O) groups excluding carboxylic acids is 2. The van der Waals surface area contributed by atoms with Crippen molar-refractivity contribution in [2.75, 3.05) is 21.3 Å². The summed E-state index contributed by atoms with van der Waals surface area (Å²) in [5.41, 5.74) is 0.755. The molecular weight excluding hydrogens is 516 g/mol. The van der Waals surface area contributed by atoms with Gasteiger partial charge in [-0.1, -0.05) is 0 Å². The lowest BCUT2D eigenvalue weighted by Crippen LogP contribution is -2.03. The van der Waals surface area contributed by atoms with E-state index < -0.39 is 41.8 Å². The predicted molar refractivity (Wildman–Crippen MR) is 130 cm³/mol. The van der Waals surface area contributed by atoms with Gasteiger partial charge in [-0.25, -0.2) is 9.59 Å². The molecule has 3 aromatic carbocycles. The smallest absolute Gasteiger partial charge is 0.341 e.